The van der Waals surface area contributed by atoms with Gasteiger partial charge in [0.25, 0.3) is 0 Å². The van der Waals surface area contributed by atoms with Gasteiger partial charge in [0.1, 0.15) is 0 Å². The SMILES string of the molecule is Nc1cc2[nH]c(=O)[nH]c2cc1N1CCc2ccccc2C1. The van der Waals surface area contributed by atoms with E-state index < -0.39 is 0 Å². The standard InChI is InChI=1S/C16H16N4O/c17-12-7-13-14(19-16(21)18-13)8-15(12)20-6-5-10-3-1-2-4-11(10)9-20/h1-4,7-8H,5-6,9,17H2,(H2,18,19,21). The summed E-state index contributed by atoms with van der Waals surface area (Å²) in [5.41, 5.74) is 11.9. The molecule has 0 radical (unpaired) electrons. The summed E-state index contributed by atoms with van der Waals surface area (Å²) in [6.07, 6.45) is 1.01. The lowest BCUT2D eigenvalue weighted by molar-refractivity contribution is 0.733. The number of hydrogen-bond acceptors (Lipinski definition) is 3. The van der Waals surface area contributed by atoms with Crippen LogP contribution in [0.3, 0.4) is 0 Å². The highest BCUT2D eigenvalue weighted by molar-refractivity contribution is 5.87. The lowest BCUT2D eigenvalue weighted by atomic mass is 9.99. The van der Waals surface area contributed by atoms with E-state index in [2.05, 4.69) is 39.1 Å². The number of aromatic amines is 2. The Balaban J connectivity index is 1.77. The van der Waals surface area contributed by atoms with Crippen LogP contribution in [-0.2, 0) is 13.0 Å². The molecule has 5 heteroatoms. The zero-order valence-electron chi connectivity index (χ0n) is 11.5. The van der Waals surface area contributed by atoms with E-state index in [0.717, 1.165) is 36.2 Å². The summed E-state index contributed by atoms with van der Waals surface area (Å²) in [7, 11) is 0. The first kappa shape index (κ1) is 12.1. The highest BCUT2D eigenvalue weighted by atomic mass is 16.1. The van der Waals surface area contributed by atoms with Crippen molar-refractivity contribution in [3.05, 3.63) is 58.0 Å². The van der Waals surface area contributed by atoms with Gasteiger partial charge in [-0.3, -0.25) is 0 Å². The molecule has 1 aliphatic heterocycles. The number of imidazole rings is 1. The van der Waals surface area contributed by atoms with Gasteiger partial charge in [-0.05, 0) is 29.7 Å². The van der Waals surface area contributed by atoms with Gasteiger partial charge in [0, 0.05) is 13.1 Å². The van der Waals surface area contributed by atoms with Crippen molar-refractivity contribution in [2.45, 2.75) is 13.0 Å². The van der Waals surface area contributed by atoms with Gasteiger partial charge >= 0.3 is 5.69 Å². The fraction of sp³-hybridized carbons (Fsp3) is 0.188. The zero-order chi connectivity index (χ0) is 14.4. The Labute approximate surface area is 121 Å². The van der Waals surface area contributed by atoms with Gasteiger partial charge in [-0.25, -0.2) is 4.79 Å². The molecule has 0 atom stereocenters. The Kier molecular flexibility index (Phi) is 2.54. The Morgan fingerprint density at radius 3 is 2.57 bits per heavy atom. The summed E-state index contributed by atoms with van der Waals surface area (Å²) in [4.78, 5) is 19.2. The molecule has 0 saturated carbocycles. The number of benzene rings is 2. The van der Waals surface area contributed by atoms with Gasteiger partial charge < -0.3 is 20.6 Å². The van der Waals surface area contributed by atoms with Gasteiger partial charge in [-0.2, -0.15) is 0 Å². The van der Waals surface area contributed by atoms with Crippen LogP contribution in [-0.4, -0.2) is 16.5 Å². The third-order valence-electron chi connectivity index (χ3n) is 4.13. The van der Waals surface area contributed by atoms with Crippen LogP contribution in [0.2, 0.25) is 0 Å². The van der Waals surface area contributed by atoms with Crippen LogP contribution in [0.4, 0.5) is 11.4 Å². The highest BCUT2D eigenvalue weighted by Crippen LogP contribution is 2.31. The normalized spacial score (nSPS) is 14.4. The number of anilines is 2. The van der Waals surface area contributed by atoms with Crippen molar-refractivity contribution in [3.63, 3.8) is 0 Å². The summed E-state index contributed by atoms with van der Waals surface area (Å²) in [6, 6.07) is 12.3. The first-order chi connectivity index (χ1) is 10.2. The molecule has 3 aromatic rings. The Morgan fingerprint density at radius 2 is 1.76 bits per heavy atom. The largest absolute Gasteiger partial charge is 0.397 e. The van der Waals surface area contributed by atoms with Crippen molar-refractivity contribution in [2.75, 3.05) is 17.2 Å². The number of nitrogen functional groups attached to an aromatic ring is 1. The quantitative estimate of drug-likeness (QED) is 0.597. The Morgan fingerprint density at radius 1 is 1.05 bits per heavy atom. The number of hydrogen-bond donors (Lipinski definition) is 3. The molecule has 0 spiro atoms. The van der Waals surface area contributed by atoms with Crippen molar-refractivity contribution >= 4 is 22.4 Å². The first-order valence-corrected chi connectivity index (χ1v) is 7.04. The number of nitrogens with one attached hydrogen (secondary N) is 2. The molecule has 5 nitrogen and oxygen atoms in total. The fourth-order valence-electron chi connectivity index (χ4n) is 3.06. The van der Waals surface area contributed by atoms with Crippen LogP contribution in [0.25, 0.3) is 11.0 Å². The fourth-order valence-corrected chi connectivity index (χ4v) is 3.06. The Bertz CT molecular complexity index is 877. The summed E-state index contributed by atoms with van der Waals surface area (Å²) in [5.74, 6) is 0. The molecule has 4 rings (SSSR count). The van der Waals surface area contributed by atoms with E-state index in [1.165, 1.54) is 11.1 Å². The first-order valence-electron chi connectivity index (χ1n) is 7.04. The van der Waals surface area contributed by atoms with Crippen LogP contribution in [0.15, 0.2) is 41.2 Å². The monoisotopic (exact) mass is 280 g/mol. The molecule has 0 bridgehead atoms. The Hall–Kier alpha value is -2.69. The smallest absolute Gasteiger partial charge is 0.323 e. The molecule has 2 heterocycles. The van der Waals surface area contributed by atoms with Gasteiger partial charge in [0.15, 0.2) is 0 Å². The number of nitrogens with two attached hydrogens (primary N) is 1. The predicted molar refractivity (Wildman–Crippen MR) is 84.5 cm³/mol. The van der Waals surface area contributed by atoms with Crippen molar-refractivity contribution < 1.29 is 0 Å². The van der Waals surface area contributed by atoms with Gasteiger partial charge in [0.05, 0.1) is 22.4 Å². The molecule has 4 N–H and O–H groups in total. The summed E-state index contributed by atoms with van der Waals surface area (Å²) in [5, 5.41) is 0. The maximum absolute atomic E-state index is 11.4. The van der Waals surface area contributed by atoms with E-state index in [1.807, 2.05) is 12.1 Å². The van der Waals surface area contributed by atoms with Crippen LogP contribution in [0.5, 0.6) is 0 Å². The maximum atomic E-state index is 11.4. The maximum Gasteiger partial charge on any atom is 0.323 e. The van der Waals surface area contributed by atoms with Gasteiger partial charge in [-0.15, -0.1) is 0 Å². The highest BCUT2D eigenvalue weighted by Gasteiger charge is 2.18. The average Bonchev–Trinajstić information content (AvgIpc) is 2.85. The predicted octanol–water partition coefficient (Wildman–Crippen LogP) is 2.00. The van der Waals surface area contributed by atoms with E-state index in [1.54, 1.807) is 0 Å². The molecular formula is C16H16N4O. The summed E-state index contributed by atoms with van der Waals surface area (Å²) >= 11 is 0. The number of aromatic nitrogens is 2. The molecular weight excluding hydrogens is 264 g/mol. The van der Waals surface area contributed by atoms with E-state index in [4.69, 9.17) is 5.73 Å². The molecule has 0 saturated heterocycles. The van der Waals surface area contributed by atoms with E-state index in [9.17, 15) is 4.79 Å². The van der Waals surface area contributed by atoms with Crippen LogP contribution in [0, 0.1) is 0 Å². The lowest BCUT2D eigenvalue weighted by Crippen LogP contribution is -2.30. The van der Waals surface area contributed by atoms with Crippen LogP contribution in [0.1, 0.15) is 11.1 Å². The lowest BCUT2D eigenvalue weighted by Gasteiger charge is -2.31. The molecule has 1 aromatic heterocycles. The third kappa shape index (κ3) is 1.98. The zero-order valence-corrected chi connectivity index (χ0v) is 11.5. The van der Waals surface area contributed by atoms with E-state index in [0.29, 0.717) is 5.69 Å². The van der Waals surface area contributed by atoms with Crippen LogP contribution < -0.4 is 16.3 Å². The third-order valence-corrected chi connectivity index (χ3v) is 4.13. The van der Waals surface area contributed by atoms with Crippen LogP contribution >= 0.6 is 0 Å². The number of rotatable bonds is 1. The van der Waals surface area contributed by atoms with Crippen molar-refractivity contribution in [3.8, 4) is 0 Å². The van der Waals surface area contributed by atoms with Crippen molar-refractivity contribution in [2.24, 2.45) is 0 Å². The molecule has 0 amide bonds. The number of H-pyrrole nitrogens is 2. The summed E-state index contributed by atoms with van der Waals surface area (Å²) in [6.45, 7) is 1.78. The minimum atomic E-state index is -0.203. The molecule has 1 aliphatic rings. The van der Waals surface area contributed by atoms with Crippen molar-refractivity contribution in [1.82, 2.24) is 9.97 Å². The topological polar surface area (TPSA) is 77.9 Å². The van der Waals surface area contributed by atoms with E-state index >= 15 is 0 Å². The van der Waals surface area contributed by atoms with E-state index in [-0.39, 0.29) is 5.69 Å². The molecule has 106 valence electrons. The summed E-state index contributed by atoms with van der Waals surface area (Å²) < 4.78 is 0. The second-order valence-corrected chi connectivity index (χ2v) is 5.48. The molecule has 21 heavy (non-hydrogen) atoms. The molecule has 0 aliphatic carbocycles. The minimum Gasteiger partial charge on any atom is -0.397 e. The average molecular weight is 280 g/mol. The number of fused-ring (bicyclic) bond motifs is 2. The van der Waals surface area contributed by atoms with Gasteiger partial charge in [-0.1, -0.05) is 24.3 Å². The second kappa shape index (κ2) is 4.41. The minimum absolute atomic E-state index is 0.203. The van der Waals surface area contributed by atoms with Gasteiger partial charge in [0.2, 0.25) is 0 Å². The number of nitrogens with zero attached hydrogens (tertiary/aromatic N) is 1. The molecule has 2 aromatic carbocycles. The molecule has 0 fully saturated rings. The van der Waals surface area contributed by atoms with Crippen molar-refractivity contribution in [1.29, 1.82) is 0 Å². The molecule has 0 unspecified atom stereocenters. The second-order valence-electron chi connectivity index (χ2n) is 5.48.